The van der Waals surface area contributed by atoms with E-state index in [0.29, 0.717) is 11.6 Å². The average molecular weight is 477 g/mol. The molecule has 8 heteroatoms. The zero-order chi connectivity index (χ0) is 22.6. The van der Waals surface area contributed by atoms with E-state index in [0.717, 1.165) is 15.4 Å². The highest BCUT2D eigenvalue weighted by molar-refractivity contribution is 7.92. The lowest BCUT2D eigenvalue weighted by Gasteiger charge is -2.27. The van der Waals surface area contributed by atoms with Crippen LogP contribution in [0.3, 0.4) is 0 Å². The quantitative estimate of drug-likeness (QED) is 0.473. The number of likely N-dealkylation sites (N-methyl/N-ethyl adjacent to an activating group) is 1. The summed E-state index contributed by atoms with van der Waals surface area (Å²) < 4.78 is 27.9. The van der Waals surface area contributed by atoms with E-state index >= 15 is 0 Å². The van der Waals surface area contributed by atoms with Crippen LogP contribution in [0.2, 0.25) is 10.0 Å². The number of amides is 1. The molecular formula is C23H22Cl2N2O3S. The molecule has 162 valence electrons. The van der Waals surface area contributed by atoms with Crippen molar-refractivity contribution >= 4 is 44.8 Å². The maximum absolute atomic E-state index is 13.4. The number of hydrogen-bond donors (Lipinski definition) is 0. The van der Waals surface area contributed by atoms with Gasteiger partial charge in [0.25, 0.3) is 10.0 Å². The molecule has 0 spiro atoms. The van der Waals surface area contributed by atoms with Crippen LogP contribution in [0.25, 0.3) is 0 Å². The summed E-state index contributed by atoms with van der Waals surface area (Å²) in [6.07, 6.45) is 0. The SMILES string of the molecule is Cc1ccc(S(=O)(=O)N(CC(=O)N(C)Cc2ccc(Cl)cc2)c2ccccc2Cl)cc1. The van der Waals surface area contributed by atoms with Gasteiger partial charge >= 0.3 is 0 Å². The Morgan fingerprint density at radius 3 is 2.13 bits per heavy atom. The Hall–Kier alpha value is -2.54. The summed E-state index contributed by atoms with van der Waals surface area (Å²) in [4.78, 5) is 14.6. The molecule has 0 aromatic heterocycles. The number of para-hydroxylation sites is 1. The first-order chi connectivity index (χ1) is 14.7. The number of hydrogen-bond acceptors (Lipinski definition) is 3. The van der Waals surface area contributed by atoms with Gasteiger partial charge in [-0.15, -0.1) is 0 Å². The molecule has 0 aliphatic rings. The van der Waals surface area contributed by atoms with Gasteiger partial charge in [0.15, 0.2) is 0 Å². The lowest BCUT2D eigenvalue weighted by Crippen LogP contribution is -2.41. The van der Waals surface area contributed by atoms with Crippen LogP contribution >= 0.6 is 23.2 Å². The van der Waals surface area contributed by atoms with Crippen molar-refractivity contribution in [1.82, 2.24) is 4.90 Å². The summed E-state index contributed by atoms with van der Waals surface area (Å²) >= 11 is 12.2. The van der Waals surface area contributed by atoms with Gasteiger partial charge in [0.2, 0.25) is 5.91 Å². The number of halogens is 2. The van der Waals surface area contributed by atoms with Crippen molar-refractivity contribution < 1.29 is 13.2 Å². The summed E-state index contributed by atoms with van der Waals surface area (Å²) in [7, 11) is -2.39. The van der Waals surface area contributed by atoms with Crippen molar-refractivity contribution in [2.75, 3.05) is 17.9 Å². The highest BCUT2D eigenvalue weighted by atomic mass is 35.5. The van der Waals surface area contributed by atoms with Crippen molar-refractivity contribution in [1.29, 1.82) is 0 Å². The molecule has 0 heterocycles. The molecule has 31 heavy (non-hydrogen) atoms. The summed E-state index contributed by atoms with van der Waals surface area (Å²) in [5.74, 6) is -0.370. The number of carbonyl (C=O) groups excluding carboxylic acids is 1. The first-order valence-corrected chi connectivity index (χ1v) is 11.7. The van der Waals surface area contributed by atoms with E-state index < -0.39 is 10.0 Å². The summed E-state index contributed by atoms with van der Waals surface area (Å²) in [6.45, 7) is 1.80. The van der Waals surface area contributed by atoms with E-state index in [9.17, 15) is 13.2 Å². The molecule has 0 aliphatic heterocycles. The Labute approximate surface area is 192 Å². The zero-order valence-corrected chi connectivity index (χ0v) is 19.5. The van der Waals surface area contributed by atoms with Gasteiger partial charge in [0, 0.05) is 18.6 Å². The molecule has 0 unspecified atom stereocenters. The van der Waals surface area contributed by atoms with Gasteiger partial charge < -0.3 is 4.90 Å². The zero-order valence-electron chi connectivity index (χ0n) is 17.1. The third kappa shape index (κ3) is 5.58. The predicted octanol–water partition coefficient (Wildman–Crippen LogP) is 5.16. The Morgan fingerprint density at radius 1 is 0.903 bits per heavy atom. The molecule has 0 fully saturated rings. The molecule has 3 aromatic rings. The van der Waals surface area contributed by atoms with E-state index in [1.807, 2.05) is 19.1 Å². The second kappa shape index (κ2) is 9.73. The van der Waals surface area contributed by atoms with Gasteiger partial charge in [-0.2, -0.15) is 0 Å². The number of aryl methyl sites for hydroxylation is 1. The van der Waals surface area contributed by atoms with Crippen molar-refractivity contribution in [3.63, 3.8) is 0 Å². The summed E-state index contributed by atoms with van der Waals surface area (Å²) in [5, 5.41) is 0.846. The second-order valence-corrected chi connectivity index (χ2v) is 9.86. The summed E-state index contributed by atoms with van der Waals surface area (Å²) in [6, 6.07) is 20.2. The Bertz CT molecular complexity index is 1160. The van der Waals surface area contributed by atoms with E-state index in [4.69, 9.17) is 23.2 Å². The average Bonchev–Trinajstić information content (AvgIpc) is 2.74. The van der Waals surface area contributed by atoms with E-state index in [-0.39, 0.29) is 28.1 Å². The number of sulfonamides is 1. The number of rotatable bonds is 7. The van der Waals surface area contributed by atoms with Crippen molar-refractivity contribution in [2.24, 2.45) is 0 Å². The van der Waals surface area contributed by atoms with Gasteiger partial charge in [0.05, 0.1) is 15.6 Å². The van der Waals surface area contributed by atoms with Crippen LogP contribution in [0, 0.1) is 6.92 Å². The molecule has 0 bridgehead atoms. The largest absolute Gasteiger partial charge is 0.340 e. The molecule has 0 N–H and O–H groups in total. The minimum absolute atomic E-state index is 0.0891. The van der Waals surface area contributed by atoms with Crippen LogP contribution in [0.4, 0.5) is 5.69 Å². The maximum atomic E-state index is 13.4. The standard InChI is InChI=1S/C23H22Cl2N2O3S/c1-17-7-13-20(14-8-17)31(29,30)27(22-6-4-3-5-21(22)25)16-23(28)26(2)15-18-9-11-19(24)12-10-18/h3-14H,15-16H2,1-2H3. The van der Waals surface area contributed by atoms with Gasteiger partial charge in [-0.05, 0) is 48.9 Å². The summed E-state index contributed by atoms with van der Waals surface area (Å²) in [5.41, 5.74) is 2.06. The molecule has 0 radical (unpaired) electrons. The molecule has 0 atom stereocenters. The van der Waals surface area contributed by atoms with Gasteiger partial charge in [-0.1, -0.05) is 65.2 Å². The van der Waals surface area contributed by atoms with Crippen LogP contribution in [0.1, 0.15) is 11.1 Å². The minimum atomic E-state index is -4.02. The normalized spacial score (nSPS) is 11.2. The third-order valence-electron chi connectivity index (χ3n) is 4.77. The lowest BCUT2D eigenvalue weighted by atomic mass is 10.2. The minimum Gasteiger partial charge on any atom is -0.340 e. The Balaban J connectivity index is 1.91. The fourth-order valence-corrected chi connectivity index (χ4v) is 4.83. The number of carbonyl (C=O) groups is 1. The molecule has 0 aliphatic carbocycles. The molecular weight excluding hydrogens is 455 g/mol. The smallest absolute Gasteiger partial charge is 0.264 e. The van der Waals surface area contributed by atoms with Gasteiger partial charge in [-0.25, -0.2) is 8.42 Å². The highest BCUT2D eigenvalue weighted by Crippen LogP contribution is 2.30. The first-order valence-electron chi connectivity index (χ1n) is 9.51. The van der Waals surface area contributed by atoms with Gasteiger partial charge in [-0.3, -0.25) is 9.10 Å². The highest BCUT2D eigenvalue weighted by Gasteiger charge is 2.29. The second-order valence-electron chi connectivity index (χ2n) is 7.15. The Kier molecular flexibility index (Phi) is 7.26. The fraction of sp³-hybridized carbons (Fsp3) is 0.174. The van der Waals surface area contributed by atoms with Crippen molar-refractivity contribution in [3.05, 3.63) is 94.0 Å². The monoisotopic (exact) mass is 476 g/mol. The van der Waals surface area contributed by atoms with Crippen LogP contribution in [0.5, 0.6) is 0 Å². The van der Waals surface area contributed by atoms with E-state index in [1.165, 1.54) is 17.0 Å². The van der Waals surface area contributed by atoms with Crippen LogP contribution in [-0.2, 0) is 21.4 Å². The van der Waals surface area contributed by atoms with Crippen molar-refractivity contribution in [2.45, 2.75) is 18.4 Å². The molecule has 3 aromatic carbocycles. The van der Waals surface area contributed by atoms with E-state index in [1.54, 1.807) is 55.6 Å². The van der Waals surface area contributed by atoms with E-state index in [2.05, 4.69) is 0 Å². The molecule has 3 rings (SSSR count). The van der Waals surface area contributed by atoms with Crippen LogP contribution in [-0.4, -0.2) is 32.8 Å². The number of nitrogens with zero attached hydrogens (tertiary/aromatic N) is 2. The predicted molar refractivity (Wildman–Crippen MR) is 125 cm³/mol. The Morgan fingerprint density at radius 2 is 1.52 bits per heavy atom. The molecule has 0 saturated heterocycles. The third-order valence-corrected chi connectivity index (χ3v) is 7.11. The van der Waals surface area contributed by atoms with Crippen molar-refractivity contribution in [3.8, 4) is 0 Å². The topological polar surface area (TPSA) is 57.7 Å². The number of benzene rings is 3. The van der Waals surface area contributed by atoms with Crippen LogP contribution < -0.4 is 4.31 Å². The maximum Gasteiger partial charge on any atom is 0.264 e. The molecule has 1 amide bonds. The van der Waals surface area contributed by atoms with Crippen LogP contribution in [0.15, 0.2) is 77.7 Å². The molecule has 5 nitrogen and oxygen atoms in total. The first kappa shape index (κ1) is 23.1. The number of anilines is 1. The van der Waals surface area contributed by atoms with Gasteiger partial charge in [0.1, 0.15) is 6.54 Å². The fourth-order valence-electron chi connectivity index (χ4n) is 2.99. The lowest BCUT2D eigenvalue weighted by molar-refractivity contribution is -0.128. The molecule has 0 saturated carbocycles.